The van der Waals surface area contributed by atoms with Crippen LogP contribution in [-0.4, -0.2) is 57.4 Å². The lowest BCUT2D eigenvalue weighted by molar-refractivity contribution is -0.128. The molecule has 0 bridgehead atoms. The molecule has 1 aliphatic rings. The average Bonchev–Trinajstić information content (AvgIpc) is 2.22. The van der Waals surface area contributed by atoms with Gasteiger partial charge < -0.3 is 10.2 Å². The summed E-state index contributed by atoms with van der Waals surface area (Å²) >= 11 is 0. The molecule has 100 valence electrons. The van der Waals surface area contributed by atoms with Crippen molar-refractivity contribution in [3.63, 3.8) is 0 Å². The Balaban J connectivity index is 2.17. The lowest BCUT2D eigenvalue weighted by Crippen LogP contribution is -2.40. The molecule has 0 aliphatic carbocycles. The highest BCUT2D eigenvalue weighted by atomic mass is 32.2. The van der Waals surface area contributed by atoms with Crippen LogP contribution in [0.5, 0.6) is 0 Å². The SMILES string of the molecule is CN(C)C(=O)CCCNC1CCCS(=O)(=O)C1. The quantitative estimate of drug-likeness (QED) is 0.709. The second kappa shape index (κ2) is 6.35. The second-order valence-corrected chi connectivity index (χ2v) is 7.03. The van der Waals surface area contributed by atoms with Crippen molar-refractivity contribution in [2.75, 3.05) is 32.1 Å². The summed E-state index contributed by atoms with van der Waals surface area (Å²) in [5, 5.41) is 3.22. The molecule has 0 aromatic rings. The number of hydrogen-bond acceptors (Lipinski definition) is 4. The van der Waals surface area contributed by atoms with Crippen molar-refractivity contribution in [2.45, 2.75) is 31.7 Å². The third-order valence-electron chi connectivity index (χ3n) is 2.96. The van der Waals surface area contributed by atoms with Crippen molar-refractivity contribution in [2.24, 2.45) is 0 Å². The molecule has 1 unspecified atom stereocenters. The third kappa shape index (κ3) is 5.50. The highest BCUT2D eigenvalue weighted by Crippen LogP contribution is 2.11. The summed E-state index contributed by atoms with van der Waals surface area (Å²) in [5.41, 5.74) is 0. The molecule has 0 saturated carbocycles. The second-order valence-electron chi connectivity index (χ2n) is 4.80. The third-order valence-corrected chi connectivity index (χ3v) is 4.78. The fraction of sp³-hybridized carbons (Fsp3) is 0.909. The van der Waals surface area contributed by atoms with Gasteiger partial charge >= 0.3 is 0 Å². The van der Waals surface area contributed by atoms with Gasteiger partial charge in [0.25, 0.3) is 0 Å². The van der Waals surface area contributed by atoms with Crippen molar-refractivity contribution in [1.29, 1.82) is 0 Å². The maximum atomic E-state index is 11.4. The molecule has 0 aromatic heterocycles. The molecule has 1 fully saturated rings. The Hall–Kier alpha value is -0.620. The number of sulfone groups is 1. The van der Waals surface area contributed by atoms with E-state index < -0.39 is 9.84 Å². The largest absolute Gasteiger partial charge is 0.349 e. The molecule has 17 heavy (non-hydrogen) atoms. The summed E-state index contributed by atoms with van der Waals surface area (Å²) < 4.78 is 22.8. The summed E-state index contributed by atoms with van der Waals surface area (Å²) in [4.78, 5) is 12.9. The summed E-state index contributed by atoms with van der Waals surface area (Å²) in [7, 11) is 0.643. The topological polar surface area (TPSA) is 66.5 Å². The predicted octanol–water partition coefficient (Wildman–Crippen LogP) is 0.0216. The molecular formula is C11H22N2O3S. The molecule has 1 amide bonds. The van der Waals surface area contributed by atoms with E-state index >= 15 is 0 Å². The van der Waals surface area contributed by atoms with Crippen LogP contribution in [-0.2, 0) is 14.6 Å². The van der Waals surface area contributed by atoms with Crippen LogP contribution in [0.4, 0.5) is 0 Å². The molecule has 0 aromatic carbocycles. The van der Waals surface area contributed by atoms with E-state index in [1.807, 2.05) is 0 Å². The van der Waals surface area contributed by atoms with Crippen molar-refractivity contribution < 1.29 is 13.2 Å². The summed E-state index contributed by atoms with van der Waals surface area (Å²) in [6, 6.07) is 0.0724. The Labute approximate surface area is 103 Å². The zero-order chi connectivity index (χ0) is 12.9. The number of carbonyl (C=O) groups excluding carboxylic acids is 1. The molecule has 1 heterocycles. The smallest absolute Gasteiger partial charge is 0.222 e. The van der Waals surface area contributed by atoms with Gasteiger partial charge in [0.1, 0.15) is 0 Å². The highest BCUT2D eigenvalue weighted by Gasteiger charge is 2.23. The molecule has 1 aliphatic heterocycles. The maximum Gasteiger partial charge on any atom is 0.222 e. The van der Waals surface area contributed by atoms with Crippen LogP contribution < -0.4 is 5.32 Å². The van der Waals surface area contributed by atoms with Gasteiger partial charge in [-0.3, -0.25) is 4.79 Å². The van der Waals surface area contributed by atoms with Crippen LogP contribution >= 0.6 is 0 Å². The van der Waals surface area contributed by atoms with Gasteiger partial charge in [0.15, 0.2) is 9.84 Å². The number of nitrogens with zero attached hydrogens (tertiary/aromatic N) is 1. The lowest BCUT2D eigenvalue weighted by atomic mass is 10.2. The fourth-order valence-electron chi connectivity index (χ4n) is 1.95. The number of amides is 1. The van der Waals surface area contributed by atoms with Crippen LogP contribution in [0.3, 0.4) is 0 Å². The van der Waals surface area contributed by atoms with Gasteiger partial charge in [0, 0.05) is 26.6 Å². The minimum atomic E-state index is -2.84. The number of nitrogens with one attached hydrogen (secondary N) is 1. The van der Waals surface area contributed by atoms with E-state index in [0.717, 1.165) is 19.3 Å². The zero-order valence-corrected chi connectivity index (χ0v) is 11.4. The van der Waals surface area contributed by atoms with E-state index in [1.165, 1.54) is 0 Å². The molecule has 6 heteroatoms. The van der Waals surface area contributed by atoms with Gasteiger partial charge in [-0.25, -0.2) is 8.42 Å². The molecule has 0 spiro atoms. The van der Waals surface area contributed by atoms with Crippen LogP contribution in [0.25, 0.3) is 0 Å². The standard InChI is InChI=1S/C11H22N2O3S/c1-13(2)11(14)6-3-7-12-10-5-4-8-17(15,16)9-10/h10,12H,3-9H2,1-2H3. The number of hydrogen-bond donors (Lipinski definition) is 1. The molecular weight excluding hydrogens is 240 g/mol. The first-order valence-electron chi connectivity index (χ1n) is 6.05. The first kappa shape index (κ1) is 14.4. The number of carbonyl (C=O) groups is 1. The van der Waals surface area contributed by atoms with Gasteiger partial charge in [-0.2, -0.15) is 0 Å². The molecule has 1 rings (SSSR count). The Kier molecular flexibility index (Phi) is 5.39. The van der Waals surface area contributed by atoms with Crippen LogP contribution in [0.1, 0.15) is 25.7 Å². The average molecular weight is 262 g/mol. The maximum absolute atomic E-state index is 11.4. The minimum absolute atomic E-state index is 0.0724. The van der Waals surface area contributed by atoms with E-state index in [1.54, 1.807) is 19.0 Å². The fourth-order valence-corrected chi connectivity index (χ4v) is 3.62. The molecule has 1 N–H and O–H groups in total. The Morgan fingerprint density at radius 2 is 2.12 bits per heavy atom. The van der Waals surface area contributed by atoms with Crippen molar-refractivity contribution in [1.82, 2.24) is 10.2 Å². The Morgan fingerprint density at radius 1 is 1.41 bits per heavy atom. The summed E-state index contributed by atoms with van der Waals surface area (Å²) in [6.45, 7) is 0.708. The van der Waals surface area contributed by atoms with Gasteiger partial charge in [0.05, 0.1) is 11.5 Å². The molecule has 5 nitrogen and oxygen atoms in total. The van der Waals surface area contributed by atoms with E-state index in [0.29, 0.717) is 18.7 Å². The number of rotatable bonds is 5. The van der Waals surface area contributed by atoms with E-state index in [-0.39, 0.29) is 17.7 Å². The van der Waals surface area contributed by atoms with Crippen molar-refractivity contribution >= 4 is 15.7 Å². The van der Waals surface area contributed by atoms with Crippen LogP contribution in [0.2, 0.25) is 0 Å². The monoisotopic (exact) mass is 262 g/mol. The van der Waals surface area contributed by atoms with E-state index in [4.69, 9.17) is 0 Å². The lowest BCUT2D eigenvalue weighted by Gasteiger charge is -2.23. The Bertz CT molecular complexity index is 352. The summed E-state index contributed by atoms with van der Waals surface area (Å²) in [5.74, 6) is 0.682. The first-order chi connectivity index (χ1) is 7.91. The molecule has 0 radical (unpaired) electrons. The first-order valence-corrected chi connectivity index (χ1v) is 7.87. The van der Waals surface area contributed by atoms with Gasteiger partial charge in [-0.15, -0.1) is 0 Å². The molecule has 1 atom stereocenters. The van der Waals surface area contributed by atoms with E-state index in [9.17, 15) is 13.2 Å². The van der Waals surface area contributed by atoms with Gasteiger partial charge in [-0.1, -0.05) is 0 Å². The highest BCUT2D eigenvalue weighted by molar-refractivity contribution is 7.91. The van der Waals surface area contributed by atoms with Crippen molar-refractivity contribution in [3.05, 3.63) is 0 Å². The van der Waals surface area contributed by atoms with Gasteiger partial charge in [-0.05, 0) is 25.8 Å². The molecule has 1 saturated heterocycles. The van der Waals surface area contributed by atoms with Crippen molar-refractivity contribution in [3.8, 4) is 0 Å². The minimum Gasteiger partial charge on any atom is -0.349 e. The van der Waals surface area contributed by atoms with E-state index in [2.05, 4.69) is 5.32 Å². The van der Waals surface area contributed by atoms with Gasteiger partial charge in [0.2, 0.25) is 5.91 Å². The predicted molar refractivity (Wildman–Crippen MR) is 67.6 cm³/mol. The summed E-state index contributed by atoms with van der Waals surface area (Å²) in [6.07, 6.45) is 2.94. The Morgan fingerprint density at radius 3 is 2.71 bits per heavy atom. The normalized spacial score (nSPS) is 23.3. The van der Waals surface area contributed by atoms with Crippen LogP contribution in [0, 0.1) is 0 Å². The zero-order valence-electron chi connectivity index (χ0n) is 10.6. The van der Waals surface area contributed by atoms with Crippen LogP contribution in [0.15, 0.2) is 0 Å².